The summed E-state index contributed by atoms with van der Waals surface area (Å²) in [5, 5.41) is 0. The number of hydrogen-bond donors (Lipinski definition) is 0. The van der Waals surface area contributed by atoms with Crippen molar-refractivity contribution in [2.24, 2.45) is 0 Å². The van der Waals surface area contributed by atoms with Crippen LogP contribution in [0, 0.1) is 3.57 Å². The SMILES string of the molecule is COC(=O)c1c(C(F)F)ncc(I)c1OC. The van der Waals surface area contributed by atoms with E-state index in [-0.39, 0.29) is 11.3 Å². The van der Waals surface area contributed by atoms with Crippen LogP contribution in [-0.4, -0.2) is 25.2 Å². The third kappa shape index (κ3) is 2.39. The van der Waals surface area contributed by atoms with Crippen molar-refractivity contribution in [1.82, 2.24) is 4.98 Å². The van der Waals surface area contributed by atoms with Crippen LogP contribution in [0.5, 0.6) is 5.75 Å². The van der Waals surface area contributed by atoms with Crippen LogP contribution in [0.15, 0.2) is 6.20 Å². The van der Waals surface area contributed by atoms with E-state index in [1.54, 1.807) is 0 Å². The lowest BCUT2D eigenvalue weighted by Crippen LogP contribution is -2.11. The molecule has 0 aromatic carbocycles. The van der Waals surface area contributed by atoms with Crippen molar-refractivity contribution in [1.29, 1.82) is 0 Å². The van der Waals surface area contributed by atoms with E-state index >= 15 is 0 Å². The molecule has 1 aromatic heterocycles. The highest BCUT2D eigenvalue weighted by molar-refractivity contribution is 14.1. The summed E-state index contributed by atoms with van der Waals surface area (Å²) in [5.41, 5.74) is -0.962. The number of alkyl halides is 2. The first-order valence-electron chi connectivity index (χ1n) is 4.11. The van der Waals surface area contributed by atoms with E-state index < -0.39 is 18.1 Å². The molecular formula is C9H8F2INO3. The highest BCUT2D eigenvalue weighted by Gasteiger charge is 2.26. The monoisotopic (exact) mass is 343 g/mol. The number of methoxy groups -OCH3 is 2. The number of nitrogens with zero attached hydrogens (tertiary/aromatic N) is 1. The number of hydrogen-bond acceptors (Lipinski definition) is 4. The number of carbonyl (C=O) groups excluding carboxylic acids is 1. The van der Waals surface area contributed by atoms with Crippen molar-refractivity contribution in [2.45, 2.75) is 6.43 Å². The second-order valence-electron chi connectivity index (χ2n) is 2.69. The molecule has 0 bridgehead atoms. The standard InChI is InChI=1S/C9H8F2INO3/c1-15-7-4(12)3-13-6(8(10)11)5(7)9(14)16-2/h3,8H,1-2H3. The van der Waals surface area contributed by atoms with Gasteiger partial charge in [0.1, 0.15) is 17.0 Å². The van der Waals surface area contributed by atoms with Crippen molar-refractivity contribution in [2.75, 3.05) is 14.2 Å². The lowest BCUT2D eigenvalue weighted by atomic mass is 10.2. The van der Waals surface area contributed by atoms with Crippen LogP contribution in [0.1, 0.15) is 22.5 Å². The fraction of sp³-hybridized carbons (Fsp3) is 0.333. The summed E-state index contributed by atoms with van der Waals surface area (Å²) in [6.07, 6.45) is -1.65. The largest absolute Gasteiger partial charge is 0.495 e. The van der Waals surface area contributed by atoms with Crippen LogP contribution < -0.4 is 4.74 Å². The van der Waals surface area contributed by atoms with Gasteiger partial charge in [0, 0.05) is 6.20 Å². The van der Waals surface area contributed by atoms with Crippen LogP contribution in [0.25, 0.3) is 0 Å². The van der Waals surface area contributed by atoms with Crippen molar-refractivity contribution in [3.63, 3.8) is 0 Å². The Morgan fingerprint density at radius 2 is 2.12 bits per heavy atom. The number of esters is 1. The summed E-state index contributed by atoms with van der Waals surface area (Å²) < 4.78 is 35.1. The Morgan fingerprint density at radius 1 is 1.50 bits per heavy atom. The molecule has 0 aliphatic carbocycles. The quantitative estimate of drug-likeness (QED) is 0.625. The van der Waals surface area contributed by atoms with Crippen molar-refractivity contribution < 1.29 is 23.0 Å². The maximum absolute atomic E-state index is 12.6. The van der Waals surface area contributed by atoms with Crippen LogP contribution in [0.3, 0.4) is 0 Å². The molecule has 7 heteroatoms. The minimum atomic E-state index is -2.86. The Balaban J connectivity index is 3.47. The lowest BCUT2D eigenvalue weighted by molar-refractivity contribution is 0.0582. The van der Waals surface area contributed by atoms with Crippen LogP contribution in [0.4, 0.5) is 8.78 Å². The summed E-state index contributed by atoms with van der Waals surface area (Å²) in [5.74, 6) is -0.837. The molecule has 1 heterocycles. The van der Waals surface area contributed by atoms with Crippen molar-refractivity contribution >= 4 is 28.6 Å². The van der Waals surface area contributed by atoms with Crippen LogP contribution >= 0.6 is 22.6 Å². The second kappa shape index (κ2) is 5.37. The highest BCUT2D eigenvalue weighted by atomic mass is 127. The number of ether oxygens (including phenoxy) is 2. The topological polar surface area (TPSA) is 48.4 Å². The molecule has 16 heavy (non-hydrogen) atoms. The number of pyridine rings is 1. The van der Waals surface area contributed by atoms with Gasteiger partial charge in [-0.1, -0.05) is 0 Å². The van der Waals surface area contributed by atoms with E-state index in [9.17, 15) is 13.6 Å². The van der Waals surface area contributed by atoms with Gasteiger partial charge < -0.3 is 9.47 Å². The summed E-state index contributed by atoms with van der Waals surface area (Å²) in [7, 11) is 2.40. The Kier molecular flexibility index (Phi) is 4.39. The van der Waals surface area contributed by atoms with Gasteiger partial charge in [-0.05, 0) is 22.6 Å². The van der Waals surface area contributed by atoms with Gasteiger partial charge >= 0.3 is 5.97 Å². The minimum absolute atomic E-state index is 0.0535. The maximum Gasteiger partial charge on any atom is 0.343 e. The van der Waals surface area contributed by atoms with E-state index in [1.807, 2.05) is 22.6 Å². The number of halogens is 3. The van der Waals surface area contributed by atoms with Gasteiger partial charge in [-0.2, -0.15) is 0 Å². The summed E-state index contributed by atoms with van der Waals surface area (Å²) in [6.45, 7) is 0. The molecule has 0 amide bonds. The zero-order chi connectivity index (χ0) is 12.3. The molecule has 1 aromatic rings. The van der Waals surface area contributed by atoms with Gasteiger partial charge in [-0.25, -0.2) is 13.6 Å². The Bertz CT molecular complexity index is 412. The van der Waals surface area contributed by atoms with Crippen molar-refractivity contribution in [3.05, 3.63) is 21.0 Å². The summed E-state index contributed by atoms with van der Waals surface area (Å²) in [6, 6.07) is 0. The van der Waals surface area contributed by atoms with E-state index in [0.717, 1.165) is 7.11 Å². The van der Waals surface area contributed by atoms with E-state index in [2.05, 4.69) is 9.72 Å². The van der Waals surface area contributed by atoms with Crippen LogP contribution in [0.2, 0.25) is 0 Å². The average Bonchev–Trinajstić information content (AvgIpc) is 2.27. The molecule has 1 rings (SSSR count). The smallest absolute Gasteiger partial charge is 0.343 e. The second-order valence-corrected chi connectivity index (χ2v) is 3.85. The number of rotatable bonds is 3. The third-order valence-electron chi connectivity index (χ3n) is 1.82. The van der Waals surface area contributed by atoms with Gasteiger partial charge in [-0.15, -0.1) is 0 Å². The third-order valence-corrected chi connectivity index (χ3v) is 2.59. The first-order valence-corrected chi connectivity index (χ1v) is 5.19. The summed E-state index contributed by atoms with van der Waals surface area (Å²) in [4.78, 5) is 14.9. The lowest BCUT2D eigenvalue weighted by Gasteiger charge is -2.12. The average molecular weight is 343 g/mol. The molecule has 0 atom stereocenters. The normalized spacial score (nSPS) is 10.4. The first kappa shape index (κ1) is 13.1. The Hall–Kier alpha value is -0.990. The predicted molar refractivity (Wildman–Crippen MR) is 59.8 cm³/mol. The molecular weight excluding hydrogens is 335 g/mol. The Labute approximate surface area is 104 Å². The molecule has 0 spiro atoms. The molecule has 0 aliphatic heterocycles. The predicted octanol–water partition coefficient (Wildman–Crippen LogP) is 2.42. The number of carbonyl (C=O) groups is 1. The molecule has 0 unspecified atom stereocenters. The van der Waals surface area contributed by atoms with Crippen LogP contribution in [-0.2, 0) is 4.74 Å². The van der Waals surface area contributed by atoms with Gasteiger partial charge in [0.15, 0.2) is 0 Å². The van der Waals surface area contributed by atoms with Gasteiger partial charge in [-0.3, -0.25) is 4.98 Å². The number of aromatic nitrogens is 1. The van der Waals surface area contributed by atoms with Crippen molar-refractivity contribution in [3.8, 4) is 5.75 Å². The minimum Gasteiger partial charge on any atom is -0.495 e. The van der Waals surface area contributed by atoms with Gasteiger partial charge in [0.2, 0.25) is 0 Å². The molecule has 0 fully saturated rings. The molecule has 0 N–H and O–H groups in total. The molecule has 0 aliphatic rings. The first-order chi connectivity index (χ1) is 7.52. The Morgan fingerprint density at radius 3 is 2.56 bits per heavy atom. The molecule has 4 nitrogen and oxygen atoms in total. The fourth-order valence-electron chi connectivity index (χ4n) is 1.15. The molecule has 0 saturated carbocycles. The maximum atomic E-state index is 12.6. The zero-order valence-corrected chi connectivity index (χ0v) is 10.6. The summed E-state index contributed by atoms with van der Waals surface area (Å²) >= 11 is 1.84. The van der Waals surface area contributed by atoms with Gasteiger partial charge in [0.05, 0.1) is 17.8 Å². The van der Waals surface area contributed by atoms with E-state index in [0.29, 0.717) is 3.57 Å². The van der Waals surface area contributed by atoms with E-state index in [1.165, 1.54) is 13.3 Å². The fourth-order valence-corrected chi connectivity index (χ4v) is 1.78. The van der Waals surface area contributed by atoms with Gasteiger partial charge in [0.25, 0.3) is 6.43 Å². The molecule has 88 valence electrons. The zero-order valence-electron chi connectivity index (χ0n) is 8.46. The molecule has 0 saturated heterocycles. The highest BCUT2D eigenvalue weighted by Crippen LogP contribution is 2.32. The molecule has 0 radical (unpaired) electrons. The van der Waals surface area contributed by atoms with E-state index in [4.69, 9.17) is 4.74 Å².